The largest absolute Gasteiger partial charge is 0.461 e. The van der Waals surface area contributed by atoms with E-state index in [1.165, 1.54) is 30.7 Å². The smallest absolute Gasteiger partial charge is 0.428 e. The second-order valence-corrected chi connectivity index (χ2v) is 8.32. The van der Waals surface area contributed by atoms with Gasteiger partial charge in [0.05, 0.1) is 10.7 Å². The molecule has 0 aliphatic rings. The van der Waals surface area contributed by atoms with Crippen LogP contribution in [0.4, 0.5) is 28.2 Å². The summed E-state index contributed by atoms with van der Waals surface area (Å²) in [6, 6.07) is 17.9. The van der Waals surface area contributed by atoms with Gasteiger partial charge in [0.15, 0.2) is 5.82 Å². The number of hydrogen-bond acceptors (Lipinski definition) is 5. The van der Waals surface area contributed by atoms with E-state index in [1.807, 2.05) is 0 Å². The zero-order valence-corrected chi connectivity index (χ0v) is 19.6. The Morgan fingerprint density at radius 1 is 1.05 bits per heavy atom. The zero-order chi connectivity index (χ0) is 26.5. The van der Waals surface area contributed by atoms with Gasteiger partial charge in [0.1, 0.15) is 17.6 Å². The maximum absolute atomic E-state index is 13.7. The van der Waals surface area contributed by atoms with Gasteiger partial charge in [-0.15, -0.1) is 0 Å². The Morgan fingerprint density at radius 3 is 2.49 bits per heavy atom. The quantitative estimate of drug-likeness (QED) is 0.247. The van der Waals surface area contributed by atoms with E-state index in [0.29, 0.717) is 5.02 Å². The number of ether oxygens (including phenoxy) is 1. The van der Waals surface area contributed by atoms with Crippen LogP contribution < -0.4 is 15.4 Å². The lowest BCUT2D eigenvalue weighted by atomic mass is 9.80. The van der Waals surface area contributed by atoms with Crippen LogP contribution in [0.1, 0.15) is 16.8 Å². The number of rotatable bonds is 9. The minimum Gasteiger partial charge on any atom is -0.428 e. The van der Waals surface area contributed by atoms with E-state index >= 15 is 0 Å². The molecule has 0 fully saturated rings. The molecule has 4 aromatic rings. The summed E-state index contributed by atoms with van der Waals surface area (Å²) in [5, 5.41) is 9.34. The molecule has 192 valence electrons. The zero-order valence-electron chi connectivity index (χ0n) is 18.9. The summed E-state index contributed by atoms with van der Waals surface area (Å²) in [7, 11) is 0. The van der Waals surface area contributed by atoms with Crippen LogP contribution in [0, 0.1) is 0 Å². The molecule has 2 N–H and O–H groups in total. The third-order valence-electron chi connectivity index (χ3n) is 5.32. The van der Waals surface area contributed by atoms with Crippen molar-refractivity contribution >= 4 is 23.4 Å². The van der Waals surface area contributed by atoms with Gasteiger partial charge in [0, 0.05) is 18.7 Å². The number of carbonyl (C=O) groups excluding carboxylic acids is 1. The third kappa shape index (κ3) is 6.18. The molecule has 0 saturated heterocycles. The first-order chi connectivity index (χ1) is 17.7. The molecule has 2 aromatic carbocycles. The number of aromatic nitrogens is 2. The molecule has 2 aromatic heterocycles. The molecule has 1 unspecified atom stereocenters. The molecule has 7 nitrogen and oxygen atoms in total. The van der Waals surface area contributed by atoms with Gasteiger partial charge in [-0.1, -0.05) is 59.2 Å². The summed E-state index contributed by atoms with van der Waals surface area (Å²) < 4.78 is 62.1. The summed E-state index contributed by atoms with van der Waals surface area (Å²) >= 11 is 6.04. The van der Waals surface area contributed by atoms with Crippen LogP contribution in [0.25, 0.3) is 0 Å². The van der Waals surface area contributed by atoms with Crippen LogP contribution in [0.3, 0.4) is 0 Å². The van der Waals surface area contributed by atoms with Crippen molar-refractivity contribution in [3.63, 3.8) is 0 Å². The van der Waals surface area contributed by atoms with Crippen molar-refractivity contribution in [3.05, 3.63) is 107 Å². The van der Waals surface area contributed by atoms with Crippen molar-refractivity contribution in [1.29, 1.82) is 0 Å². The molecule has 0 saturated carbocycles. The van der Waals surface area contributed by atoms with Crippen molar-refractivity contribution in [1.82, 2.24) is 15.5 Å². The maximum atomic E-state index is 13.7. The number of nitrogens with zero attached hydrogens (tertiary/aromatic N) is 2. The molecule has 1 atom stereocenters. The summed E-state index contributed by atoms with van der Waals surface area (Å²) in [5.41, 5.74) is -0.248. The number of halogens is 5. The highest BCUT2D eigenvalue weighted by Crippen LogP contribution is 2.36. The molecule has 4 rings (SSSR count). The minimum atomic E-state index is -4.73. The predicted molar refractivity (Wildman–Crippen MR) is 127 cm³/mol. The van der Waals surface area contributed by atoms with Crippen molar-refractivity contribution in [3.8, 4) is 5.75 Å². The standard InChI is InChI=1S/C25H19ClF4N4O3/c26-18-9-10-20(31-15-18)24(14-16-5-2-1-3-6-16,33-23(35)32-21-11-12-36-34-21)17-7-4-8-19(13-17)37-25(29,30)22(27)28/h1-13,15,22H,14H2,(H2,32,33,34,35). The number of benzene rings is 2. The maximum Gasteiger partial charge on any atom is 0.461 e. The van der Waals surface area contributed by atoms with Gasteiger partial charge < -0.3 is 14.6 Å². The van der Waals surface area contributed by atoms with Crippen LogP contribution in [-0.4, -0.2) is 28.7 Å². The Bertz CT molecular complexity index is 1330. The Kier molecular flexibility index (Phi) is 7.63. The SMILES string of the molecule is O=C(Nc1ccon1)NC(Cc1ccccc1)(c1cccc(OC(F)(F)C(F)F)c1)c1ccc(Cl)cn1. The summed E-state index contributed by atoms with van der Waals surface area (Å²) in [6.45, 7) is 0. The van der Waals surface area contributed by atoms with Crippen molar-refractivity contribution in [2.75, 3.05) is 5.32 Å². The van der Waals surface area contributed by atoms with Crippen molar-refractivity contribution < 1.29 is 31.6 Å². The topological polar surface area (TPSA) is 89.3 Å². The minimum absolute atomic E-state index is 0.0867. The normalized spacial score (nSPS) is 13.1. The van der Waals surface area contributed by atoms with Crippen LogP contribution in [0.5, 0.6) is 5.75 Å². The van der Waals surface area contributed by atoms with E-state index in [2.05, 4.69) is 25.5 Å². The first-order valence-electron chi connectivity index (χ1n) is 10.8. The number of nitrogens with one attached hydrogen (secondary N) is 2. The van der Waals surface area contributed by atoms with Crippen LogP contribution in [-0.2, 0) is 12.0 Å². The Morgan fingerprint density at radius 2 is 1.84 bits per heavy atom. The molecular weight excluding hydrogens is 516 g/mol. The molecule has 2 amide bonds. The number of carbonyl (C=O) groups is 1. The second kappa shape index (κ2) is 10.9. The highest BCUT2D eigenvalue weighted by molar-refractivity contribution is 6.30. The van der Waals surface area contributed by atoms with Crippen molar-refractivity contribution in [2.24, 2.45) is 0 Å². The molecular formula is C25H19ClF4N4O3. The number of pyridine rings is 1. The first kappa shape index (κ1) is 26.0. The Hall–Kier alpha value is -4.12. The van der Waals surface area contributed by atoms with Gasteiger partial charge in [-0.25, -0.2) is 4.79 Å². The number of hydrogen-bond donors (Lipinski definition) is 2. The molecule has 0 spiro atoms. The van der Waals surface area contributed by atoms with E-state index in [0.717, 1.165) is 17.7 Å². The Labute approximate surface area is 213 Å². The van der Waals surface area contributed by atoms with E-state index in [-0.39, 0.29) is 23.5 Å². The molecule has 0 radical (unpaired) electrons. The summed E-state index contributed by atoms with van der Waals surface area (Å²) in [4.78, 5) is 17.5. The van der Waals surface area contributed by atoms with Gasteiger partial charge in [-0.2, -0.15) is 17.6 Å². The number of amides is 2. The van der Waals surface area contributed by atoms with Crippen molar-refractivity contribution in [2.45, 2.75) is 24.5 Å². The highest BCUT2D eigenvalue weighted by atomic mass is 35.5. The monoisotopic (exact) mass is 534 g/mol. The lowest BCUT2D eigenvalue weighted by Gasteiger charge is -2.35. The molecule has 0 bridgehead atoms. The number of alkyl halides is 4. The molecule has 0 aliphatic heterocycles. The molecule has 0 aliphatic carbocycles. The Balaban J connectivity index is 1.85. The fourth-order valence-corrected chi connectivity index (χ4v) is 3.81. The summed E-state index contributed by atoms with van der Waals surface area (Å²) in [6.07, 6.45) is -6.06. The third-order valence-corrected chi connectivity index (χ3v) is 5.54. The van der Waals surface area contributed by atoms with E-state index < -0.39 is 29.9 Å². The second-order valence-electron chi connectivity index (χ2n) is 7.89. The van der Waals surface area contributed by atoms with Gasteiger partial charge in [-0.3, -0.25) is 10.3 Å². The predicted octanol–water partition coefficient (Wildman–Crippen LogP) is 6.27. The fraction of sp³-hybridized carbons (Fsp3) is 0.160. The average molecular weight is 535 g/mol. The van der Waals surface area contributed by atoms with Gasteiger partial charge >= 0.3 is 18.6 Å². The van der Waals surface area contributed by atoms with E-state index in [4.69, 9.17) is 16.1 Å². The average Bonchev–Trinajstić information content (AvgIpc) is 3.37. The van der Waals surface area contributed by atoms with E-state index in [1.54, 1.807) is 42.5 Å². The first-order valence-corrected chi connectivity index (χ1v) is 11.2. The fourth-order valence-electron chi connectivity index (χ4n) is 3.70. The lowest BCUT2D eigenvalue weighted by Crippen LogP contribution is -2.50. The van der Waals surface area contributed by atoms with Crippen LogP contribution >= 0.6 is 11.6 Å². The molecule has 12 heteroatoms. The van der Waals surface area contributed by atoms with Crippen LogP contribution in [0.15, 0.2) is 89.8 Å². The highest BCUT2D eigenvalue weighted by Gasteiger charge is 2.44. The molecule has 2 heterocycles. The summed E-state index contributed by atoms with van der Waals surface area (Å²) in [5.74, 6) is -0.420. The van der Waals surface area contributed by atoms with Crippen LogP contribution in [0.2, 0.25) is 5.02 Å². The van der Waals surface area contributed by atoms with Gasteiger partial charge in [-0.05, 0) is 35.4 Å². The number of anilines is 1. The van der Waals surface area contributed by atoms with Gasteiger partial charge in [0.25, 0.3) is 0 Å². The number of urea groups is 1. The van der Waals surface area contributed by atoms with Gasteiger partial charge in [0.2, 0.25) is 0 Å². The lowest BCUT2D eigenvalue weighted by molar-refractivity contribution is -0.253. The van der Waals surface area contributed by atoms with E-state index in [9.17, 15) is 22.4 Å². The molecule has 37 heavy (non-hydrogen) atoms.